The minimum Gasteiger partial charge on any atom is -0.497 e. The lowest BCUT2D eigenvalue weighted by Crippen LogP contribution is -1.84. The third-order valence-corrected chi connectivity index (χ3v) is 2.70. The van der Waals surface area contributed by atoms with Gasteiger partial charge < -0.3 is 13.8 Å². The van der Waals surface area contributed by atoms with Crippen LogP contribution >= 0.6 is 0 Å². The van der Waals surface area contributed by atoms with Crippen LogP contribution in [0.25, 0.3) is 23.7 Å². The summed E-state index contributed by atoms with van der Waals surface area (Å²) in [4.78, 5) is 8.23. The molecule has 3 aromatic rings. The number of ether oxygens (including phenoxy) is 1. The van der Waals surface area contributed by atoms with Crippen molar-refractivity contribution < 1.29 is 9.26 Å². The first kappa shape index (κ1) is 12.2. The van der Waals surface area contributed by atoms with Crippen LogP contribution in [0, 0.1) is 0 Å². The molecule has 0 unspecified atom stereocenters. The highest BCUT2D eigenvalue weighted by atomic mass is 16.5. The van der Waals surface area contributed by atoms with Gasteiger partial charge in [0.2, 0.25) is 5.82 Å². The molecule has 1 aromatic carbocycles. The number of hydrogen-bond acceptors (Lipinski definition) is 5. The Hall–Kier alpha value is -2.89. The maximum absolute atomic E-state index is 5.16. The van der Waals surface area contributed by atoms with E-state index in [4.69, 9.17) is 9.26 Å². The Bertz CT molecular complexity index is 699. The van der Waals surface area contributed by atoms with E-state index in [-0.39, 0.29) is 0 Å². The molecular weight excluding hydrogens is 256 g/mol. The summed E-state index contributed by atoms with van der Waals surface area (Å²) in [5, 5.41) is 3.94. The third-order valence-electron chi connectivity index (χ3n) is 2.70. The molecule has 0 N–H and O–H groups in total. The molecule has 0 spiro atoms. The minimum absolute atomic E-state index is 0.435. The summed E-state index contributed by atoms with van der Waals surface area (Å²) >= 11 is 0. The van der Waals surface area contributed by atoms with E-state index in [1.165, 1.54) is 0 Å². The molecule has 0 radical (unpaired) electrons. The second-order valence-electron chi connectivity index (χ2n) is 4.01. The number of methoxy groups -OCH3 is 1. The largest absolute Gasteiger partial charge is 0.497 e. The van der Waals surface area contributed by atoms with E-state index in [1.54, 1.807) is 36.5 Å². The molecule has 0 aliphatic heterocycles. The first-order valence-electron chi connectivity index (χ1n) is 5.99. The molecule has 0 amide bonds. The Labute approximate surface area is 115 Å². The average molecular weight is 268 g/mol. The Morgan fingerprint density at radius 3 is 2.80 bits per heavy atom. The fourth-order valence-corrected chi connectivity index (χ4v) is 1.67. The van der Waals surface area contributed by atoms with Crippen LogP contribution in [0.4, 0.5) is 0 Å². The van der Waals surface area contributed by atoms with E-state index >= 15 is 0 Å². The molecular formula is C14H12N4O2. The van der Waals surface area contributed by atoms with Gasteiger partial charge >= 0.3 is 0 Å². The van der Waals surface area contributed by atoms with Crippen molar-refractivity contribution in [3.63, 3.8) is 0 Å². The molecule has 20 heavy (non-hydrogen) atoms. The van der Waals surface area contributed by atoms with E-state index in [0.717, 1.165) is 11.3 Å². The number of rotatable bonds is 4. The van der Waals surface area contributed by atoms with Gasteiger partial charge in [-0.1, -0.05) is 5.16 Å². The topological polar surface area (TPSA) is 66.0 Å². The Kier molecular flexibility index (Phi) is 3.28. The van der Waals surface area contributed by atoms with Crippen LogP contribution < -0.4 is 4.74 Å². The van der Waals surface area contributed by atoms with Gasteiger partial charge in [-0.2, -0.15) is 4.98 Å². The van der Waals surface area contributed by atoms with Gasteiger partial charge in [-0.15, -0.1) is 0 Å². The van der Waals surface area contributed by atoms with Crippen molar-refractivity contribution in [2.75, 3.05) is 7.11 Å². The number of hydrogen-bond donors (Lipinski definition) is 0. The van der Waals surface area contributed by atoms with Crippen molar-refractivity contribution in [3.8, 4) is 17.1 Å². The fourth-order valence-electron chi connectivity index (χ4n) is 1.67. The quantitative estimate of drug-likeness (QED) is 0.727. The van der Waals surface area contributed by atoms with Crippen LogP contribution in [0.2, 0.25) is 0 Å². The second-order valence-corrected chi connectivity index (χ2v) is 4.01. The summed E-state index contributed by atoms with van der Waals surface area (Å²) in [7, 11) is 1.63. The number of benzene rings is 1. The van der Waals surface area contributed by atoms with Crippen molar-refractivity contribution in [1.82, 2.24) is 19.7 Å². The molecule has 100 valence electrons. The van der Waals surface area contributed by atoms with Crippen molar-refractivity contribution in [2.24, 2.45) is 0 Å². The van der Waals surface area contributed by atoms with E-state index in [9.17, 15) is 0 Å². The lowest BCUT2D eigenvalue weighted by molar-refractivity contribution is 0.411. The van der Waals surface area contributed by atoms with Crippen LogP contribution in [-0.2, 0) is 0 Å². The molecule has 0 fully saturated rings. The van der Waals surface area contributed by atoms with Gasteiger partial charge in [0.15, 0.2) is 0 Å². The van der Waals surface area contributed by atoms with Gasteiger partial charge in [-0.05, 0) is 24.3 Å². The summed E-state index contributed by atoms with van der Waals surface area (Å²) in [5.41, 5.74) is 0.872. The Balaban J connectivity index is 1.79. The molecule has 2 heterocycles. The summed E-state index contributed by atoms with van der Waals surface area (Å²) in [6.45, 7) is 0. The third kappa shape index (κ3) is 2.59. The molecule has 0 aliphatic carbocycles. The zero-order valence-corrected chi connectivity index (χ0v) is 10.8. The molecule has 0 atom stereocenters. The van der Waals surface area contributed by atoms with Crippen molar-refractivity contribution in [3.05, 3.63) is 48.9 Å². The van der Waals surface area contributed by atoms with Crippen LogP contribution in [0.1, 0.15) is 5.89 Å². The molecule has 6 heteroatoms. The average Bonchev–Trinajstić information content (AvgIpc) is 3.17. The van der Waals surface area contributed by atoms with Gasteiger partial charge in [0.25, 0.3) is 5.89 Å². The molecule has 0 saturated carbocycles. The first-order chi connectivity index (χ1) is 9.85. The van der Waals surface area contributed by atoms with Crippen LogP contribution in [0.5, 0.6) is 5.75 Å². The predicted molar refractivity (Wildman–Crippen MR) is 73.7 cm³/mol. The summed E-state index contributed by atoms with van der Waals surface area (Å²) < 4.78 is 12.1. The first-order valence-corrected chi connectivity index (χ1v) is 5.99. The molecule has 0 saturated heterocycles. The normalized spacial score (nSPS) is 11.1. The summed E-state index contributed by atoms with van der Waals surface area (Å²) in [6, 6.07) is 7.47. The van der Waals surface area contributed by atoms with E-state index < -0.39 is 0 Å². The van der Waals surface area contributed by atoms with Crippen molar-refractivity contribution in [2.45, 2.75) is 0 Å². The van der Waals surface area contributed by atoms with E-state index in [1.807, 2.05) is 30.5 Å². The lowest BCUT2D eigenvalue weighted by Gasteiger charge is -1.98. The molecule has 2 aromatic heterocycles. The molecule has 0 aliphatic rings. The van der Waals surface area contributed by atoms with Gasteiger partial charge in [0.05, 0.1) is 13.4 Å². The predicted octanol–water partition coefficient (Wildman–Crippen LogP) is 2.57. The maximum Gasteiger partial charge on any atom is 0.252 e. The second kappa shape index (κ2) is 5.40. The summed E-state index contributed by atoms with van der Waals surface area (Å²) in [6.07, 6.45) is 8.70. The SMILES string of the molecule is COc1ccc(-c2noc(/C=C/n3ccnc3)n2)cc1. The minimum atomic E-state index is 0.435. The number of aromatic nitrogens is 4. The summed E-state index contributed by atoms with van der Waals surface area (Å²) in [5.74, 6) is 1.76. The van der Waals surface area contributed by atoms with Gasteiger partial charge in [0, 0.05) is 30.2 Å². The van der Waals surface area contributed by atoms with Crippen LogP contribution in [-0.4, -0.2) is 26.8 Å². The lowest BCUT2D eigenvalue weighted by atomic mass is 10.2. The number of nitrogens with zero attached hydrogens (tertiary/aromatic N) is 4. The van der Waals surface area contributed by atoms with Crippen LogP contribution in [0.15, 0.2) is 47.5 Å². The Morgan fingerprint density at radius 1 is 1.25 bits per heavy atom. The smallest absolute Gasteiger partial charge is 0.252 e. The van der Waals surface area contributed by atoms with Crippen LogP contribution in [0.3, 0.4) is 0 Å². The maximum atomic E-state index is 5.16. The highest BCUT2D eigenvalue weighted by Crippen LogP contribution is 2.19. The Morgan fingerprint density at radius 2 is 2.10 bits per heavy atom. The molecule has 3 rings (SSSR count). The van der Waals surface area contributed by atoms with Gasteiger partial charge in [-0.3, -0.25) is 0 Å². The molecule has 6 nitrogen and oxygen atoms in total. The van der Waals surface area contributed by atoms with Crippen molar-refractivity contribution >= 4 is 12.3 Å². The zero-order chi connectivity index (χ0) is 13.8. The van der Waals surface area contributed by atoms with Gasteiger partial charge in [0.1, 0.15) is 5.75 Å². The fraction of sp³-hybridized carbons (Fsp3) is 0.0714. The van der Waals surface area contributed by atoms with Gasteiger partial charge in [-0.25, -0.2) is 4.98 Å². The standard InChI is InChI=1S/C14H12N4O2/c1-19-12-4-2-11(3-5-12)14-16-13(20-17-14)6-8-18-9-7-15-10-18/h2-10H,1H3/b8-6+. The molecule has 0 bridgehead atoms. The zero-order valence-electron chi connectivity index (χ0n) is 10.8. The number of imidazole rings is 1. The van der Waals surface area contributed by atoms with Crippen molar-refractivity contribution in [1.29, 1.82) is 0 Å². The van der Waals surface area contributed by atoms with E-state index in [2.05, 4.69) is 15.1 Å². The highest BCUT2D eigenvalue weighted by molar-refractivity contribution is 5.59. The van der Waals surface area contributed by atoms with E-state index in [0.29, 0.717) is 11.7 Å². The highest BCUT2D eigenvalue weighted by Gasteiger charge is 2.06. The monoisotopic (exact) mass is 268 g/mol.